The summed E-state index contributed by atoms with van der Waals surface area (Å²) in [5, 5.41) is 0. The van der Waals surface area contributed by atoms with E-state index < -0.39 is 6.04 Å². The smallest absolute Gasteiger partial charge is 0.328 e. The fraction of sp³-hybridized carbons (Fsp3) is 0.550. The standard InChI is InChI=1S/C20H26N2O4/c1-3-18(23)21-12-10-14-13-15(8-9-16(14)21)19(24)22-11-6-5-7-17(22)20(25)26-4-2/h8-9,13,17H,3-7,10-12H2,1-2H3. The Morgan fingerprint density at radius 1 is 1.15 bits per heavy atom. The van der Waals surface area contributed by atoms with Crippen molar-refractivity contribution in [1.82, 2.24) is 4.90 Å². The molecule has 26 heavy (non-hydrogen) atoms. The molecule has 3 rings (SSSR count). The predicted molar refractivity (Wildman–Crippen MR) is 98.1 cm³/mol. The minimum atomic E-state index is -0.498. The number of anilines is 1. The van der Waals surface area contributed by atoms with Crippen molar-refractivity contribution in [2.24, 2.45) is 0 Å². The summed E-state index contributed by atoms with van der Waals surface area (Å²) >= 11 is 0. The molecule has 1 saturated heterocycles. The molecule has 0 spiro atoms. The number of esters is 1. The lowest BCUT2D eigenvalue weighted by Gasteiger charge is -2.34. The largest absolute Gasteiger partial charge is 0.464 e. The minimum absolute atomic E-state index is 0.0984. The van der Waals surface area contributed by atoms with Crippen LogP contribution in [0.15, 0.2) is 18.2 Å². The van der Waals surface area contributed by atoms with E-state index in [-0.39, 0.29) is 17.8 Å². The third-order valence-electron chi connectivity index (χ3n) is 5.15. The summed E-state index contributed by atoms with van der Waals surface area (Å²) in [6, 6.07) is 4.99. The van der Waals surface area contributed by atoms with Gasteiger partial charge in [0.2, 0.25) is 5.91 Å². The van der Waals surface area contributed by atoms with Crippen molar-refractivity contribution in [3.05, 3.63) is 29.3 Å². The summed E-state index contributed by atoms with van der Waals surface area (Å²) < 4.78 is 5.15. The predicted octanol–water partition coefficient (Wildman–Crippen LogP) is 2.54. The fourth-order valence-corrected chi connectivity index (χ4v) is 3.81. The molecule has 0 saturated carbocycles. The Morgan fingerprint density at radius 3 is 2.69 bits per heavy atom. The van der Waals surface area contributed by atoms with Gasteiger partial charge in [-0.05, 0) is 56.4 Å². The van der Waals surface area contributed by atoms with Crippen molar-refractivity contribution >= 4 is 23.5 Å². The molecule has 1 unspecified atom stereocenters. The molecule has 1 aromatic rings. The number of piperidine rings is 1. The molecule has 1 atom stereocenters. The molecule has 2 aliphatic rings. The number of likely N-dealkylation sites (tertiary alicyclic amines) is 1. The second kappa shape index (κ2) is 7.89. The zero-order valence-electron chi connectivity index (χ0n) is 15.5. The van der Waals surface area contributed by atoms with Gasteiger partial charge in [0, 0.05) is 30.8 Å². The fourth-order valence-electron chi connectivity index (χ4n) is 3.81. The average molecular weight is 358 g/mol. The number of carbonyl (C=O) groups is 3. The maximum atomic E-state index is 13.0. The van der Waals surface area contributed by atoms with Gasteiger partial charge in [-0.2, -0.15) is 0 Å². The summed E-state index contributed by atoms with van der Waals surface area (Å²) in [6.07, 6.45) is 3.68. The molecule has 0 radical (unpaired) electrons. The lowest BCUT2D eigenvalue weighted by atomic mass is 10.00. The lowest BCUT2D eigenvalue weighted by molar-refractivity contribution is -0.149. The highest BCUT2D eigenvalue weighted by Gasteiger charge is 2.34. The Bertz CT molecular complexity index is 716. The van der Waals surface area contributed by atoms with Crippen LogP contribution in [-0.2, 0) is 20.7 Å². The topological polar surface area (TPSA) is 66.9 Å². The Morgan fingerprint density at radius 2 is 1.96 bits per heavy atom. The van der Waals surface area contributed by atoms with Gasteiger partial charge in [-0.3, -0.25) is 9.59 Å². The molecule has 2 heterocycles. The Balaban J connectivity index is 1.81. The first-order valence-corrected chi connectivity index (χ1v) is 9.47. The first-order chi connectivity index (χ1) is 12.6. The van der Waals surface area contributed by atoms with Gasteiger partial charge in [0.25, 0.3) is 5.91 Å². The number of fused-ring (bicyclic) bond motifs is 1. The molecular formula is C20H26N2O4. The summed E-state index contributed by atoms with van der Waals surface area (Å²) in [4.78, 5) is 40.7. The third-order valence-corrected chi connectivity index (χ3v) is 5.15. The van der Waals surface area contributed by atoms with Crippen LogP contribution in [0.5, 0.6) is 0 Å². The van der Waals surface area contributed by atoms with Crippen LogP contribution in [0.4, 0.5) is 5.69 Å². The summed E-state index contributed by atoms with van der Waals surface area (Å²) in [7, 11) is 0. The van der Waals surface area contributed by atoms with Crippen LogP contribution < -0.4 is 4.90 Å². The minimum Gasteiger partial charge on any atom is -0.464 e. The van der Waals surface area contributed by atoms with E-state index in [1.54, 1.807) is 22.8 Å². The van der Waals surface area contributed by atoms with Crippen LogP contribution in [0.1, 0.15) is 55.5 Å². The SMILES string of the molecule is CCOC(=O)C1CCCCN1C(=O)c1ccc2c(c1)CCN2C(=O)CC. The third kappa shape index (κ3) is 3.45. The van der Waals surface area contributed by atoms with E-state index in [4.69, 9.17) is 4.74 Å². The van der Waals surface area contributed by atoms with E-state index in [1.807, 2.05) is 19.1 Å². The van der Waals surface area contributed by atoms with Gasteiger partial charge >= 0.3 is 5.97 Å². The number of amides is 2. The highest BCUT2D eigenvalue weighted by Crippen LogP contribution is 2.30. The van der Waals surface area contributed by atoms with Crippen molar-refractivity contribution in [2.45, 2.75) is 52.0 Å². The van der Waals surface area contributed by atoms with E-state index in [1.165, 1.54) is 0 Å². The highest BCUT2D eigenvalue weighted by molar-refractivity contribution is 5.99. The van der Waals surface area contributed by atoms with Crippen molar-refractivity contribution in [1.29, 1.82) is 0 Å². The number of hydrogen-bond acceptors (Lipinski definition) is 4. The molecule has 140 valence electrons. The molecule has 6 heteroatoms. The van der Waals surface area contributed by atoms with E-state index >= 15 is 0 Å². The molecule has 1 aromatic carbocycles. The zero-order chi connectivity index (χ0) is 18.7. The van der Waals surface area contributed by atoms with Crippen molar-refractivity contribution in [3.8, 4) is 0 Å². The van der Waals surface area contributed by atoms with Crippen LogP contribution in [0.2, 0.25) is 0 Å². The number of ether oxygens (including phenoxy) is 1. The van der Waals surface area contributed by atoms with Gasteiger partial charge in [0.1, 0.15) is 6.04 Å². The Labute approximate surface area is 154 Å². The number of rotatable bonds is 4. The van der Waals surface area contributed by atoms with Crippen LogP contribution in [0, 0.1) is 0 Å². The van der Waals surface area contributed by atoms with Gasteiger partial charge in [0.15, 0.2) is 0 Å². The Hall–Kier alpha value is -2.37. The second-order valence-corrected chi connectivity index (χ2v) is 6.75. The quantitative estimate of drug-likeness (QED) is 0.776. The molecule has 0 bridgehead atoms. The first kappa shape index (κ1) is 18.4. The van der Waals surface area contributed by atoms with Crippen LogP contribution >= 0.6 is 0 Å². The molecule has 0 aromatic heterocycles. The highest BCUT2D eigenvalue weighted by atomic mass is 16.5. The van der Waals surface area contributed by atoms with Gasteiger partial charge in [-0.1, -0.05) is 6.92 Å². The van der Waals surface area contributed by atoms with E-state index in [9.17, 15) is 14.4 Å². The van der Waals surface area contributed by atoms with Gasteiger partial charge in [-0.15, -0.1) is 0 Å². The molecule has 2 aliphatic heterocycles. The van der Waals surface area contributed by atoms with E-state index in [0.717, 1.165) is 30.5 Å². The number of benzene rings is 1. The summed E-state index contributed by atoms with van der Waals surface area (Å²) in [5.41, 5.74) is 2.49. The van der Waals surface area contributed by atoms with Crippen molar-refractivity contribution < 1.29 is 19.1 Å². The van der Waals surface area contributed by atoms with Gasteiger partial charge < -0.3 is 14.5 Å². The zero-order valence-corrected chi connectivity index (χ0v) is 15.5. The molecule has 6 nitrogen and oxygen atoms in total. The molecular weight excluding hydrogens is 332 g/mol. The number of carbonyl (C=O) groups excluding carboxylic acids is 3. The molecule has 1 fully saturated rings. The average Bonchev–Trinajstić information content (AvgIpc) is 3.10. The maximum absolute atomic E-state index is 13.0. The van der Waals surface area contributed by atoms with Crippen LogP contribution in [0.3, 0.4) is 0 Å². The van der Waals surface area contributed by atoms with Gasteiger partial charge in [0.05, 0.1) is 6.61 Å². The maximum Gasteiger partial charge on any atom is 0.328 e. The monoisotopic (exact) mass is 358 g/mol. The molecule has 0 aliphatic carbocycles. The van der Waals surface area contributed by atoms with Crippen LogP contribution in [0.25, 0.3) is 0 Å². The molecule has 2 amide bonds. The number of hydrogen-bond donors (Lipinski definition) is 0. The first-order valence-electron chi connectivity index (χ1n) is 9.47. The lowest BCUT2D eigenvalue weighted by Crippen LogP contribution is -2.48. The number of nitrogens with zero attached hydrogens (tertiary/aromatic N) is 2. The normalized spacial score (nSPS) is 19.2. The summed E-state index contributed by atoms with van der Waals surface area (Å²) in [5.74, 6) is -0.353. The van der Waals surface area contributed by atoms with E-state index in [2.05, 4.69) is 0 Å². The second-order valence-electron chi connectivity index (χ2n) is 6.75. The van der Waals surface area contributed by atoms with Crippen LogP contribution in [-0.4, -0.2) is 48.4 Å². The van der Waals surface area contributed by atoms with Gasteiger partial charge in [-0.25, -0.2) is 4.79 Å². The molecule has 0 N–H and O–H groups in total. The van der Waals surface area contributed by atoms with Crippen molar-refractivity contribution in [2.75, 3.05) is 24.6 Å². The van der Waals surface area contributed by atoms with Crippen molar-refractivity contribution in [3.63, 3.8) is 0 Å². The summed E-state index contributed by atoms with van der Waals surface area (Å²) in [6.45, 7) is 5.17. The van der Waals surface area contributed by atoms with E-state index in [0.29, 0.717) is 38.1 Å². The Kier molecular flexibility index (Phi) is 5.59.